The molecule has 32 heavy (non-hydrogen) atoms. The molecule has 0 aliphatic carbocycles. The van der Waals surface area contributed by atoms with Gasteiger partial charge < -0.3 is 14.7 Å². The normalized spacial score (nSPS) is 14.8. The molecule has 6 heteroatoms. The third-order valence-corrected chi connectivity index (χ3v) is 6.18. The molecule has 0 spiro atoms. The molecule has 1 amide bonds. The van der Waals surface area contributed by atoms with Crippen molar-refractivity contribution < 1.29 is 14.6 Å². The number of carbonyl (C=O) groups excluding carboxylic acids is 1. The van der Waals surface area contributed by atoms with Crippen LogP contribution >= 0.6 is 11.6 Å². The lowest BCUT2D eigenvalue weighted by Gasteiger charge is -2.38. The van der Waals surface area contributed by atoms with Crippen LogP contribution in [-0.2, 0) is 6.54 Å². The fraction of sp³-hybridized carbons (Fsp3) is 0.269. The average molecular weight is 451 g/mol. The van der Waals surface area contributed by atoms with E-state index in [1.807, 2.05) is 65.6 Å². The number of hydrogen-bond donors (Lipinski definition) is 1. The zero-order chi connectivity index (χ0) is 22.5. The van der Waals surface area contributed by atoms with Gasteiger partial charge in [0.15, 0.2) is 0 Å². The smallest absolute Gasteiger partial charge is 0.258 e. The van der Waals surface area contributed by atoms with Gasteiger partial charge in [-0.15, -0.1) is 0 Å². The number of anilines is 1. The number of hydrogen-bond acceptors (Lipinski definition) is 4. The maximum atomic E-state index is 13.5. The third-order valence-electron chi connectivity index (χ3n) is 5.95. The van der Waals surface area contributed by atoms with Crippen molar-refractivity contribution in [2.75, 3.05) is 25.1 Å². The third kappa shape index (κ3) is 5.06. The van der Waals surface area contributed by atoms with Gasteiger partial charge in [-0.25, -0.2) is 0 Å². The van der Waals surface area contributed by atoms with E-state index in [1.165, 1.54) is 0 Å². The molecule has 0 aromatic heterocycles. The maximum Gasteiger partial charge on any atom is 0.258 e. The Morgan fingerprint density at radius 2 is 1.75 bits per heavy atom. The van der Waals surface area contributed by atoms with Crippen molar-refractivity contribution in [1.82, 2.24) is 4.90 Å². The van der Waals surface area contributed by atoms with Gasteiger partial charge in [0, 0.05) is 47.5 Å². The van der Waals surface area contributed by atoms with Gasteiger partial charge in [-0.3, -0.25) is 9.69 Å². The summed E-state index contributed by atoms with van der Waals surface area (Å²) in [6.07, 6.45) is 1.68. The van der Waals surface area contributed by atoms with Crippen molar-refractivity contribution in [1.29, 1.82) is 0 Å². The highest BCUT2D eigenvalue weighted by atomic mass is 35.5. The topological polar surface area (TPSA) is 53.0 Å². The summed E-state index contributed by atoms with van der Waals surface area (Å²) in [4.78, 5) is 17.7. The van der Waals surface area contributed by atoms with E-state index in [2.05, 4.69) is 4.90 Å². The van der Waals surface area contributed by atoms with E-state index < -0.39 is 0 Å². The summed E-state index contributed by atoms with van der Waals surface area (Å²) in [6, 6.07) is 22.3. The summed E-state index contributed by atoms with van der Waals surface area (Å²) >= 11 is 6.10. The number of phenolic OH excluding ortho intramolecular Hbond substituents is 1. The van der Waals surface area contributed by atoms with E-state index in [-0.39, 0.29) is 17.7 Å². The van der Waals surface area contributed by atoms with E-state index in [4.69, 9.17) is 16.3 Å². The van der Waals surface area contributed by atoms with Crippen LogP contribution in [0.15, 0.2) is 72.8 Å². The van der Waals surface area contributed by atoms with Crippen molar-refractivity contribution in [3.05, 3.63) is 88.9 Å². The van der Waals surface area contributed by atoms with Crippen molar-refractivity contribution in [2.45, 2.75) is 25.4 Å². The Morgan fingerprint density at radius 3 is 2.41 bits per heavy atom. The molecule has 4 rings (SSSR count). The summed E-state index contributed by atoms with van der Waals surface area (Å²) in [7, 11) is 1.63. The van der Waals surface area contributed by atoms with Crippen molar-refractivity contribution in [3.8, 4) is 11.5 Å². The van der Waals surface area contributed by atoms with Gasteiger partial charge in [-0.1, -0.05) is 29.8 Å². The van der Waals surface area contributed by atoms with Crippen LogP contribution in [0.1, 0.15) is 28.8 Å². The van der Waals surface area contributed by atoms with Crippen LogP contribution in [0.25, 0.3) is 0 Å². The second kappa shape index (κ2) is 10.1. The number of rotatable bonds is 6. The largest absolute Gasteiger partial charge is 0.508 e. The number of piperidine rings is 1. The minimum atomic E-state index is 0.00158. The van der Waals surface area contributed by atoms with Gasteiger partial charge in [-0.05, 0) is 67.4 Å². The van der Waals surface area contributed by atoms with Crippen LogP contribution in [0.3, 0.4) is 0 Å². The number of methoxy groups -OCH3 is 1. The van der Waals surface area contributed by atoms with Gasteiger partial charge in [0.2, 0.25) is 0 Å². The molecule has 5 nitrogen and oxygen atoms in total. The maximum absolute atomic E-state index is 13.5. The highest BCUT2D eigenvalue weighted by Crippen LogP contribution is 2.29. The minimum absolute atomic E-state index is 0.00158. The Bertz CT molecular complexity index is 1050. The average Bonchev–Trinajstić information content (AvgIpc) is 2.83. The first-order chi connectivity index (χ1) is 15.5. The number of amides is 1. The predicted octanol–water partition coefficient (Wildman–Crippen LogP) is 5.37. The molecule has 0 saturated carbocycles. The molecule has 3 aromatic rings. The summed E-state index contributed by atoms with van der Waals surface area (Å²) in [5.41, 5.74) is 2.36. The van der Waals surface area contributed by atoms with E-state index >= 15 is 0 Å². The number of aromatic hydroxyl groups is 1. The lowest BCUT2D eigenvalue weighted by Crippen LogP contribution is -2.47. The van der Waals surface area contributed by atoms with Crippen molar-refractivity contribution in [3.63, 3.8) is 0 Å². The number of halogens is 1. The number of likely N-dealkylation sites (tertiary alicyclic amines) is 1. The minimum Gasteiger partial charge on any atom is -0.508 e. The number of carbonyl (C=O) groups is 1. The molecule has 1 saturated heterocycles. The first-order valence-corrected chi connectivity index (χ1v) is 11.2. The fourth-order valence-electron chi connectivity index (χ4n) is 4.21. The van der Waals surface area contributed by atoms with Crippen LogP contribution in [0.5, 0.6) is 11.5 Å². The number of benzene rings is 3. The predicted molar refractivity (Wildman–Crippen MR) is 128 cm³/mol. The Labute approximate surface area is 193 Å². The highest BCUT2D eigenvalue weighted by molar-refractivity contribution is 6.30. The van der Waals surface area contributed by atoms with E-state index in [0.29, 0.717) is 17.1 Å². The lowest BCUT2D eigenvalue weighted by atomic mass is 10.00. The molecule has 0 radical (unpaired) electrons. The molecule has 1 N–H and O–H groups in total. The van der Waals surface area contributed by atoms with E-state index in [0.717, 1.165) is 42.9 Å². The van der Waals surface area contributed by atoms with E-state index in [1.54, 1.807) is 19.2 Å². The standard InChI is InChI=1S/C26H27ClN2O3/c1-32-24-10-8-22(9-11-24)29(26(31)19-5-3-2-4-6-19)23-13-15-28(16-14-23)18-20-17-21(27)7-12-25(20)30/h2-12,17,23,30H,13-16,18H2,1H3. The molecule has 0 atom stereocenters. The quantitative estimate of drug-likeness (QED) is 0.548. The van der Waals surface area contributed by atoms with Crippen LogP contribution in [0, 0.1) is 0 Å². The highest BCUT2D eigenvalue weighted by Gasteiger charge is 2.30. The molecule has 0 bridgehead atoms. The molecule has 1 heterocycles. The fourth-order valence-corrected chi connectivity index (χ4v) is 4.41. The first kappa shape index (κ1) is 22.2. The molecule has 0 unspecified atom stereocenters. The molecule has 3 aromatic carbocycles. The Kier molecular flexibility index (Phi) is 6.98. The number of phenols is 1. The van der Waals surface area contributed by atoms with Crippen LogP contribution in [0.4, 0.5) is 5.69 Å². The molecule has 166 valence electrons. The SMILES string of the molecule is COc1ccc(N(C(=O)c2ccccc2)C2CCN(Cc3cc(Cl)ccc3O)CC2)cc1. The molecule has 1 aliphatic rings. The Balaban J connectivity index is 1.52. The van der Waals surface area contributed by atoms with Gasteiger partial charge in [0.05, 0.1) is 7.11 Å². The van der Waals surface area contributed by atoms with Gasteiger partial charge >= 0.3 is 0 Å². The Hall–Kier alpha value is -3.02. The second-order valence-corrected chi connectivity index (χ2v) is 8.46. The molecule has 1 fully saturated rings. The van der Waals surface area contributed by atoms with Crippen LogP contribution in [-0.4, -0.2) is 42.2 Å². The van der Waals surface area contributed by atoms with Crippen molar-refractivity contribution in [2.24, 2.45) is 0 Å². The van der Waals surface area contributed by atoms with Crippen molar-refractivity contribution >= 4 is 23.2 Å². The first-order valence-electron chi connectivity index (χ1n) is 10.8. The van der Waals surface area contributed by atoms with Gasteiger partial charge in [-0.2, -0.15) is 0 Å². The molecule has 1 aliphatic heterocycles. The van der Waals surface area contributed by atoms with Crippen LogP contribution < -0.4 is 9.64 Å². The molecular weight excluding hydrogens is 424 g/mol. The summed E-state index contributed by atoms with van der Waals surface area (Å²) < 4.78 is 5.29. The summed E-state index contributed by atoms with van der Waals surface area (Å²) in [5.74, 6) is 1.02. The van der Waals surface area contributed by atoms with Gasteiger partial charge in [0.25, 0.3) is 5.91 Å². The monoisotopic (exact) mass is 450 g/mol. The Morgan fingerprint density at radius 1 is 1.06 bits per heavy atom. The second-order valence-electron chi connectivity index (χ2n) is 8.02. The van der Waals surface area contributed by atoms with Crippen LogP contribution in [0.2, 0.25) is 5.02 Å². The number of ether oxygens (including phenoxy) is 1. The summed E-state index contributed by atoms with van der Waals surface area (Å²) in [5, 5.41) is 10.8. The molecular formula is C26H27ClN2O3. The zero-order valence-corrected chi connectivity index (χ0v) is 18.8. The summed E-state index contributed by atoms with van der Waals surface area (Å²) in [6.45, 7) is 2.28. The van der Waals surface area contributed by atoms with E-state index in [9.17, 15) is 9.90 Å². The zero-order valence-electron chi connectivity index (χ0n) is 18.1. The lowest BCUT2D eigenvalue weighted by molar-refractivity contribution is 0.0958. The van der Waals surface area contributed by atoms with Gasteiger partial charge in [0.1, 0.15) is 11.5 Å². The number of nitrogens with zero attached hydrogens (tertiary/aromatic N) is 2.